The maximum Gasteiger partial charge on any atom is 0.270 e. The fourth-order valence-corrected chi connectivity index (χ4v) is 2.29. The van der Waals surface area contributed by atoms with Crippen LogP contribution in [0.1, 0.15) is 23.3 Å². The van der Waals surface area contributed by atoms with Crippen LogP contribution in [-0.4, -0.2) is 41.8 Å². The van der Waals surface area contributed by atoms with E-state index in [2.05, 4.69) is 10.3 Å². The fraction of sp³-hybridized carbons (Fsp3) is 0.462. The van der Waals surface area contributed by atoms with Gasteiger partial charge in [-0.3, -0.25) is 14.4 Å². The second-order valence-corrected chi connectivity index (χ2v) is 4.61. The Kier molecular flexibility index (Phi) is 3.99. The molecule has 1 aromatic heterocycles. The number of nitrogens with one attached hydrogen (secondary N) is 2. The van der Waals surface area contributed by atoms with Crippen molar-refractivity contribution in [3.8, 4) is 0 Å². The topological polar surface area (TPSA) is 82.3 Å². The van der Waals surface area contributed by atoms with E-state index in [0.717, 1.165) is 0 Å². The first kappa shape index (κ1) is 13.3. The van der Waals surface area contributed by atoms with Crippen LogP contribution in [0, 0.1) is 5.92 Å². The smallest absolute Gasteiger partial charge is 0.270 e. The zero-order valence-electron chi connectivity index (χ0n) is 10.8. The van der Waals surface area contributed by atoms with Gasteiger partial charge in [0, 0.05) is 32.1 Å². The molecule has 0 bridgehead atoms. The van der Waals surface area contributed by atoms with E-state index in [0.29, 0.717) is 31.6 Å². The van der Waals surface area contributed by atoms with Gasteiger partial charge in [-0.1, -0.05) is 6.07 Å². The number of pyridine rings is 1. The molecule has 2 N–H and O–H groups in total. The second-order valence-electron chi connectivity index (χ2n) is 4.61. The average Bonchev–Trinajstić information content (AvgIpc) is 2.46. The fourth-order valence-electron chi connectivity index (χ4n) is 2.29. The van der Waals surface area contributed by atoms with E-state index in [1.54, 1.807) is 24.1 Å². The summed E-state index contributed by atoms with van der Waals surface area (Å²) in [6, 6.07) is 4.52. The lowest BCUT2D eigenvalue weighted by molar-refractivity contribution is -0.125. The third-order valence-electron chi connectivity index (χ3n) is 3.40. The Balaban J connectivity index is 2.00. The van der Waals surface area contributed by atoms with E-state index < -0.39 is 0 Å². The predicted octanol–water partition coefficient (Wildman–Crippen LogP) is -0.0269. The lowest BCUT2D eigenvalue weighted by Crippen LogP contribution is -2.42. The van der Waals surface area contributed by atoms with Gasteiger partial charge in [-0.2, -0.15) is 0 Å². The highest BCUT2D eigenvalue weighted by atomic mass is 16.2. The van der Waals surface area contributed by atoms with Crippen LogP contribution >= 0.6 is 0 Å². The summed E-state index contributed by atoms with van der Waals surface area (Å²) in [6.45, 7) is 1.07. The summed E-state index contributed by atoms with van der Waals surface area (Å²) in [5.74, 6) is -0.183. The molecule has 1 fully saturated rings. The molecular formula is C13H17N3O3. The molecule has 0 spiro atoms. The highest BCUT2D eigenvalue weighted by Gasteiger charge is 2.27. The number of amides is 2. The van der Waals surface area contributed by atoms with E-state index in [-0.39, 0.29) is 23.3 Å². The highest BCUT2D eigenvalue weighted by Crippen LogP contribution is 2.18. The Morgan fingerprint density at radius 1 is 1.32 bits per heavy atom. The molecular weight excluding hydrogens is 246 g/mol. The Morgan fingerprint density at radius 2 is 2.00 bits per heavy atom. The molecule has 6 nitrogen and oxygen atoms in total. The van der Waals surface area contributed by atoms with Gasteiger partial charge in [-0.25, -0.2) is 0 Å². The van der Waals surface area contributed by atoms with E-state index in [1.165, 1.54) is 6.07 Å². The van der Waals surface area contributed by atoms with Gasteiger partial charge in [0.25, 0.3) is 5.91 Å². The summed E-state index contributed by atoms with van der Waals surface area (Å²) in [6.07, 6.45) is 1.31. The molecule has 2 rings (SSSR count). The molecule has 0 aromatic carbocycles. The normalized spacial score (nSPS) is 16.2. The Bertz CT molecular complexity index is 530. The third-order valence-corrected chi connectivity index (χ3v) is 3.40. The molecule has 19 heavy (non-hydrogen) atoms. The van der Waals surface area contributed by atoms with Gasteiger partial charge < -0.3 is 15.2 Å². The molecule has 102 valence electrons. The van der Waals surface area contributed by atoms with Gasteiger partial charge in [0.2, 0.25) is 11.5 Å². The summed E-state index contributed by atoms with van der Waals surface area (Å²) in [7, 11) is 1.62. The lowest BCUT2D eigenvalue weighted by atomic mass is 9.96. The van der Waals surface area contributed by atoms with Crippen LogP contribution in [0.2, 0.25) is 0 Å². The van der Waals surface area contributed by atoms with Crippen LogP contribution in [-0.2, 0) is 4.79 Å². The summed E-state index contributed by atoms with van der Waals surface area (Å²) < 4.78 is 0. The minimum atomic E-state index is -0.286. The molecule has 0 radical (unpaired) electrons. The summed E-state index contributed by atoms with van der Waals surface area (Å²) in [4.78, 5) is 39.0. The molecule has 0 atom stereocenters. The van der Waals surface area contributed by atoms with E-state index in [1.807, 2.05) is 0 Å². The molecule has 0 aliphatic carbocycles. The highest BCUT2D eigenvalue weighted by molar-refractivity contribution is 5.92. The number of carbonyl (C=O) groups is 2. The van der Waals surface area contributed by atoms with Crippen LogP contribution in [0.15, 0.2) is 23.0 Å². The number of H-pyrrole nitrogens is 1. The van der Waals surface area contributed by atoms with Crippen LogP contribution < -0.4 is 10.9 Å². The number of hydrogen-bond acceptors (Lipinski definition) is 3. The molecule has 1 aliphatic heterocycles. The van der Waals surface area contributed by atoms with Gasteiger partial charge >= 0.3 is 0 Å². The molecule has 2 heterocycles. The molecule has 1 aliphatic rings. The molecule has 0 unspecified atom stereocenters. The molecule has 6 heteroatoms. The van der Waals surface area contributed by atoms with Crippen molar-refractivity contribution in [3.05, 3.63) is 34.2 Å². The van der Waals surface area contributed by atoms with Crippen LogP contribution in [0.4, 0.5) is 0 Å². The number of hydrogen-bond donors (Lipinski definition) is 2. The number of aromatic nitrogens is 1. The Labute approximate surface area is 110 Å². The van der Waals surface area contributed by atoms with E-state index in [9.17, 15) is 14.4 Å². The number of piperidine rings is 1. The summed E-state index contributed by atoms with van der Waals surface area (Å²) in [5.41, 5.74) is 0.0111. The molecule has 1 saturated heterocycles. The van der Waals surface area contributed by atoms with Crippen molar-refractivity contribution >= 4 is 11.8 Å². The first-order valence-electron chi connectivity index (χ1n) is 6.32. The van der Waals surface area contributed by atoms with Crippen molar-refractivity contribution in [3.63, 3.8) is 0 Å². The van der Waals surface area contributed by atoms with Crippen molar-refractivity contribution < 1.29 is 9.59 Å². The molecule has 0 saturated carbocycles. The van der Waals surface area contributed by atoms with Crippen molar-refractivity contribution in [2.45, 2.75) is 12.8 Å². The first-order chi connectivity index (χ1) is 9.11. The van der Waals surface area contributed by atoms with Gasteiger partial charge in [-0.05, 0) is 18.9 Å². The van der Waals surface area contributed by atoms with Crippen molar-refractivity contribution in [1.82, 2.24) is 15.2 Å². The van der Waals surface area contributed by atoms with Crippen LogP contribution in [0.5, 0.6) is 0 Å². The van der Waals surface area contributed by atoms with Gasteiger partial charge in [0.15, 0.2) is 0 Å². The Morgan fingerprint density at radius 3 is 2.58 bits per heavy atom. The van der Waals surface area contributed by atoms with Crippen LogP contribution in [0.25, 0.3) is 0 Å². The minimum Gasteiger partial charge on any atom is -0.359 e. The van der Waals surface area contributed by atoms with Crippen molar-refractivity contribution in [1.29, 1.82) is 0 Å². The SMILES string of the molecule is CNC(=O)C1CCN(C(=O)c2cccc(=O)[nH]2)CC1. The number of likely N-dealkylation sites (tertiary alicyclic amines) is 1. The van der Waals surface area contributed by atoms with Crippen LogP contribution in [0.3, 0.4) is 0 Å². The van der Waals surface area contributed by atoms with Gasteiger partial charge in [0.05, 0.1) is 0 Å². The number of rotatable bonds is 2. The summed E-state index contributed by atoms with van der Waals surface area (Å²) >= 11 is 0. The molecule has 2 amide bonds. The minimum absolute atomic E-state index is 0.0242. The molecule has 1 aromatic rings. The van der Waals surface area contributed by atoms with Crippen molar-refractivity contribution in [2.24, 2.45) is 5.92 Å². The number of aromatic amines is 1. The predicted molar refractivity (Wildman–Crippen MR) is 69.8 cm³/mol. The van der Waals surface area contributed by atoms with Gasteiger partial charge in [0.1, 0.15) is 5.69 Å². The standard InChI is InChI=1S/C13H17N3O3/c1-14-12(18)9-5-7-16(8-6-9)13(19)10-3-2-4-11(17)15-10/h2-4,9H,5-8H2,1H3,(H,14,18)(H,15,17). The van der Waals surface area contributed by atoms with E-state index in [4.69, 9.17) is 0 Å². The number of nitrogens with zero attached hydrogens (tertiary/aromatic N) is 1. The lowest BCUT2D eigenvalue weighted by Gasteiger charge is -2.30. The Hall–Kier alpha value is -2.11. The summed E-state index contributed by atoms with van der Waals surface area (Å²) in [5, 5.41) is 2.63. The maximum atomic E-state index is 12.2. The number of carbonyl (C=O) groups excluding carboxylic acids is 2. The zero-order valence-corrected chi connectivity index (χ0v) is 10.8. The van der Waals surface area contributed by atoms with Crippen molar-refractivity contribution in [2.75, 3.05) is 20.1 Å². The monoisotopic (exact) mass is 263 g/mol. The first-order valence-corrected chi connectivity index (χ1v) is 6.32. The maximum absolute atomic E-state index is 12.2. The quantitative estimate of drug-likeness (QED) is 0.786. The third kappa shape index (κ3) is 3.01. The van der Waals surface area contributed by atoms with E-state index >= 15 is 0 Å². The second kappa shape index (κ2) is 5.69. The van der Waals surface area contributed by atoms with Gasteiger partial charge in [-0.15, -0.1) is 0 Å². The largest absolute Gasteiger partial charge is 0.359 e. The zero-order chi connectivity index (χ0) is 13.8. The average molecular weight is 263 g/mol.